The lowest BCUT2D eigenvalue weighted by Gasteiger charge is -2.35. The normalized spacial score (nSPS) is 22.3. The van der Waals surface area contributed by atoms with Gasteiger partial charge in [0.1, 0.15) is 5.82 Å². The van der Waals surface area contributed by atoms with Crippen LogP contribution in [0.1, 0.15) is 31.2 Å². The first-order chi connectivity index (χ1) is 8.50. The van der Waals surface area contributed by atoms with Crippen LogP contribution < -0.4 is 4.90 Å². The van der Waals surface area contributed by atoms with Crippen LogP contribution in [0.5, 0.6) is 0 Å². The maximum absolute atomic E-state index is 12.9. The molecule has 0 bridgehead atoms. The molecule has 2 heterocycles. The van der Waals surface area contributed by atoms with Gasteiger partial charge in [-0.3, -0.25) is 0 Å². The van der Waals surface area contributed by atoms with Gasteiger partial charge >= 0.3 is 6.18 Å². The molecule has 1 aliphatic carbocycles. The van der Waals surface area contributed by atoms with Crippen molar-refractivity contribution in [3.05, 3.63) is 23.9 Å². The second kappa shape index (κ2) is 3.87. The minimum atomic E-state index is -4.32. The van der Waals surface area contributed by atoms with Crippen LogP contribution in [0.15, 0.2) is 18.3 Å². The molecule has 2 fully saturated rings. The second-order valence-electron chi connectivity index (χ2n) is 5.40. The first kappa shape index (κ1) is 11.8. The van der Waals surface area contributed by atoms with Crippen LogP contribution in [0.4, 0.5) is 19.0 Å². The minimum absolute atomic E-state index is 0.107. The Bertz CT molecular complexity index is 452. The number of rotatable bonds is 1. The summed E-state index contributed by atoms with van der Waals surface area (Å²) in [5, 5.41) is 0. The van der Waals surface area contributed by atoms with Gasteiger partial charge in [-0.1, -0.05) is 0 Å². The fourth-order valence-electron chi connectivity index (χ4n) is 2.84. The third-order valence-electron chi connectivity index (χ3n) is 4.01. The summed E-state index contributed by atoms with van der Waals surface area (Å²) in [5.74, 6) is 0.107. The molecule has 98 valence electrons. The summed E-state index contributed by atoms with van der Waals surface area (Å²) in [6, 6.07) is 2.47. The molecule has 2 nitrogen and oxygen atoms in total. The number of hydrogen-bond acceptors (Lipinski definition) is 2. The number of aromatic nitrogens is 1. The lowest BCUT2D eigenvalue weighted by Crippen LogP contribution is -2.38. The number of anilines is 1. The summed E-state index contributed by atoms with van der Waals surface area (Å²) in [7, 11) is 0. The Morgan fingerprint density at radius 3 is 2.67 bits per heavy atom. The van der Waals surface area contributed by atoms with Crippen molar-refractivity contribution in [2.45, 2.75) is 31.9 Å². The van der Waals surface area contributed by atoms with Crippen LogP contribution in [0, 0.1) is 5.41 Å². The quantitative estimate of drug-likeness (QED) is 0.764. The highest BCUT2D eigenvalue weighted by Gasteiger charge is 2.47. The summed E-state index contributed by atoms with van der Waals surface area (Å²) in [5.41, 5.74) is -0.318. The maximum Gasteiger partial charge on any atom is 0.419 e. The molecule has 0 amide bonds. The van der Waals surface area contributed by atoms with Crippen LogP contribution in [0.2, 0.25) is 0 Å². The van der Waals surface area contributed by atoms with E-state index in [0.717, 1.165) is 38.3 Å². The van der Waals surface area contributed by atoms with Crippen LogP contribution >= 0.6 is 0 Å². The average Bonchev–Trinajstić information content (AvgIpc) is 3.07. The molecule has 0 atom stereocenters. The molecule has 0 N–H and O–H groups in total. The highest BCUT2D eigenvalue weighted by atomic mass is 19.4. The zero-order chi connectivity index (χ0) is 12.8. The highest BCUT2D eigenvalue weighted by Crippen LogP contribution is 2.53. The fourth-order valence-corrected chi connectivity index (χ4v) is 2.84. The summed E-state index contributed by atoms with van der Waals surface area (Å²) >= 11 is 0. The van der Waals surface area contributed by atoms with E-state index in [1.807, 2.05) is 4.90 Å². The molecule has 18 heavy (non-hydrogen) atoms. The minimum Gasteiger partial charge on any atom is -0.356 e. The Labute approximate surface area is 104 Å². The van der Waals surface area contributed by atoms with Crippen LogP contribution in [0.3, 0.4) is 0 Å². The molecule has 5 heteroatoms. The SMILES string of the molecule is FC(F)(F)c1cccnc1N1CCCC2(CC2)C1. The molecular formula is C13H15F3N2. The zero-order valence-electron chi connectivity index (χ0n) is 10.0. The molecule has 0 radical (unpaired) electrons. The van der Waals surface area contributed by atoms with E-state index in [0.29, 0.717) is 12.0 Å². The summed E-state index contributed by atoms with van der Waals surface area (Å²) in [6.07, 6.45) is 1.54. The average molecular weight is 256 g/mol. The van der Waals surface area contributed by atoms with Gasteiger partial charge in [0.25, 0.3) is 0 Å². The molecule has 1 aliphatic heterocycles. The first-order valence-corrected chi connectivity index (χ1v) is 6.27. The van der Waals surface area contributed by atoms with Gasteiger partial charge in [-0.05, 0) is 43.2 Å². The third kappa shape index (κ3) is 2.06. The molecular weight excluding hydrogens is 241 g/mol. The van der Waals surface area contributed by atoms with Crippen molar-refractivity contribution in [2.24, 2.45) is 5.41 Å². The molecule has 1 spiro atoms. The number of pyridine rings is 1. The van der Waals surface area contributed by atoms with E-state index in [1.165, 1.54) is 12.3 Å². The Hall–Kier alpha value is -1.26. The molecule has 0 aromatic carbocycles. The van der Waals surface area contributed by atoms with Gasteiger partial charge in [-0.2, -0.15) is 13.2 Å². The van der Waals surface area contributed by atoms with Gasteiger partial charge in [0, 0.05) is 19.3 Å². The predicted molar refractivity (Wildman–Crippen MR) is 62.4 cm³/mol. The molecule has 1 saturated heterocycles. The van der Waals surface area contributed by atoms with E-state index in [9.17, 15) is 13.2 Å². The highest BCUT2D eigenvalue weighted by molar-refractivity contribution is 5.49. The topological polar surface area (TPSA) is 16.1 Å². The van der Waals surface area contributed by atoms with E-state index in [-0.39, 0.29) is 5.82 Å². The van der Waals surface area contributed by atoms with Crippen LogP contribution in [0.25, 0.3) is 0 Å². The smallest absolute Gasteiger partial charge is 0.356 e. The van der Waals surface area contributed by atoms with Crippen molar-refractivity contribution in [2.75, 3.05) is 18.0 Å². The summed E-state index contributed by atoms with van der Waals surface area (Å²) in [6.45, 7) is 1.41. The maximum atomic E-state index is 12.9. The van der Waals surface area contributed by atoms with Crippen molar-refractivity contribution in [1.29, 1.82) is 0 Å². The third-order valence-corrected chi connectivity index (χ3v) is 4.01. The number of nitrogens with zero attached hydrogens (tertiary/aromatic N) is 2. The van der Waals surface area contributed by atoms with E-state index < -0.39 is 11.7 Å². The zero-order valence-corrected chi connectivity index (χ0v) is 10.0. The monoisotopic (exact) mass is 256 g/mol. The summed E-state index contributed by atoms with van der Waals surface area (Å²) < 4.78 is 38.8. The van der Waals surface area contributed by atoms with Gasteiger partial charge < -0.3 is 4.90 Å². The number of halogens is 3. The molecule has 2 aliphatic rings. The van der Waals surface area contributed by atoms with E-state index in [2.05, 4.69) is 4.98 Å². The van der Waals surface area contributed by atoms with Crippen LogP contribution in [-0.4, -0.2) is 18.1 Å². The number of piperidine rings is 1. The predicted octanol–water partition coefficient (Wildman–Crippen LogP) is 3.48. The van der Waals surface area contributed by atoms with Crippen molar-refractivity contribution >= 4 is 5.82 Å². The largest absolute Gasteiger partial charge is 0.419 e. The number of alkyl halides is 3. The first-order valence-electron chi connectivity index (χ1n) is 6.27. The standard InChI is InChI=1S/C13H15F3N2/c14-13(15,16)10-3-1-7-17-11(10)18-8-2-4-12(9-18)5-6-12/h1,3,7H,2,4-6,8-9H2. The fraction of sp³-hybridized carbons (Fsp3) is 0.615. The van der Waals surface area contributed by atoms with E-state index in [1.54, 1.807) is 0 Å². The van der Waals surface area contributed by atoms with E-state index >= 15 is 0 Å². The Morgan fingerprint density at radius 1 is 1.22 bits per heavy atom. The van der Waals surface area contributed by atoms with Crippen molar-refractivity contribution in [1.82, 2.24) is 4.98 Å². The van der Waals surface area contributed by atoms with Gasteiger partial charge in [-0.15, -0.1) is 0 Å². The van der Waals surface area contributed by atoms with Gasteiger partial charge in [0.2, 0.25) is 0 Å². The second-order valence-corrected chi connectivity index (χ2v) is 5.40. The molecule has 1 aromatic heterocycles. The lowest BCUT2D eigenvalue weighted by atomic mass is 9.95. The molecule has 3 rings (SSSR count). The Kier molecular flexibility index (Phi) is 2.54. The molecule has 1 saturated carbocycles. The Morgan fingerprint density at radius 2 is 2.00 bits per heavy atom. The summed E-state index contributed by atoms with van der Waals surface area (Å²) in [4.78, 5) is 5.79. The van der Waals surface area contributed by atoms with Gasteiger partial charge in [-0.25, -0.2) is 4.98 Å². The Balaban J connectivity index is 1.91. The van der Waals surface area contributed by atoms with Crippen molar-refractivity contribution in [3.63, 3.8) is 0 Å². The molecule has 0 unspecified atom stereocenters. The van der Waals surface area contributed by atoms with Gasteiger partial charge in [0.15, 0.2) is 0 Å². The van der Waals surface area contributed by atoms with E-state index in [4.69, 9.17) is 0 Å². The van der Waals surface area contributed by atoms with Crippen molar-refractivity contribution < 1.29 is 13.2 Å². The van der Waals surface area contributed by atoms with Crippen molar-refractivity contribution in [3.8, 4) is 0 Å². The van der Waals surface area contributed by atoms with Crippen LogP contribution in [-0.2, 0) is 6.18 Å². The van der Waals surface area contributed by atoms with Gasteiger partial charge in [0.05, 0.1) is 5.56 Å². The molecule has 1 aromatic rings. The lowest BCUT2D eigenvalue weighted by molar-refractivity contribution is -0.137. The number of hydrogen-bond donors (Lipinski definition) is 0.